The van der Waals surface area contributed by atoms with E-state index in [4.69, 9.17) is 9.68 Å². The highest BCUT2D eigenvalue weighted by Crippen LogP contribution is 2.17. The molecule has 0 saturated carbocycles. The number of hydrogen-bond donors (Lipinski definition) is 0. The topological polar surface area (TPSA) is 24.9 Å². The van der Waals surface area contributed by atoms with Gasteiger partial charge in [-0.1, -0.05) is 0 Å². The first-order valence-corrected chi connectivity index (χ1v) is 6.77. The van der Waals surface area contributed by atoms with Crippen molar-refractivity contribution >= 4 is 0 Å². The van der Waals surface area contributed by atoms with Crippen molar-refractivity contribution in [3.8, 4) is 0 Å². The summed E-state index contributed by atoms with van der Waals surface area (Å²) in [7, 11) is 3.59. The minimum Gasteiger partial charge on any atom is -0.302 e. The molecule has 1 aliphatic heterocycles. The predicted octanol–water partition coefficient (Wildman–Crippen LogP) is 3.09. The zero-order valence-electron chi connectivity index (χ0n) is 13.5. The van der Waals surface area contributed by atoms with Gasteiger partial charge in [0.1, 0.15) is 0 Å². The quantitative estimate of drug-likeness (QED) is 0.676. The van der Waals surface area contributed by atoms with Gasteiger partial charge >= 0.3 is 0 Å². The van der Waals surface area contributed by atoms with E-state index < -0.39 is 0 Å². The molecule has 4 nitrogen and oxygen atoms in total. The highest BCUT2D eigenvalue weighted by atomic mass is 16.7. The van der Waals surface area contributed by atoms with Gasteiger partial charge in [-0.15, -0.1) is 0 Å². The van der Waals surface area contributed by atoms with Gasteiger partial charge in [0, 0.05) is 24.7 Å². The monoisotopic (exact) mass is 260 g/mol. The molecule has 1 heterocycles. The van der Waals surface area contributed by atoms with Gasteiger partial charge in [-0.2, -0.15) is 10.1 Å². The molecular formula is C14H32N2O2. The lowest BCUT2D eigenvalue weighted by atomic mass is 10.1. The maximum Gasteiger partial charge on any atom is 0.0685 e. The van der Waals surface area contributed by atoms with Crippen LogP contribution in [0.5, 0.6) is 0 Å². The molecule has 110 valence electrons. The number of nitrogens with zero attached hydrogens (tertiary/aromatic N) is 2. The van der Waals surface area contributed by atoms with Crippen LogP contribution in [0.25, 0.3) is 0 Å². The molecule has 0 N–H and O–H groups in total. The van der Waals surface area contributed by atoms with Crippen molar-refractivity contribution in [1.29, 1.82) is 0 Å². The zero-order valence-corrected chi connectivity index (χ0v) is 13.5. The van der Waals surface area contributed by atoms with Crippen LogP contribution < -0.4 is 0 Å². The van der Waals surface area contributed by atoms with Crippen LogP contribution in [0.3, 0.4) is 0 Å². The summed E-state index contributed by atoms with van der Waals surface area (Å²) in [5.74, 6) is 0. The predicted molar refractivity (Wildman–Crippen MR) is 76.2 cm³/mol. The van der Waals surface area contributed by atoms with Gasteiger partial charge in [0.2, 0.25) is 0 Å². The van der Waals surface area contributed by atoms with Gasteiger partial charge in [-0.25, -0.2) is 0 Å². The Morgan fingerprint density at radius 2 is 1.61 bits per heavy atom. The third kappa shape index (κ3) is 7.31. The Kier molecular flexibility index (Phi) is 7.37. The summed E-state index contributed by atoms with van der Waals surface area (Å²) in [4.78, 5) is 10.4. The van der Waals surface area contributed by atoms with Crippen molar-refractivity contribution in [2.45, 2.75) is 65.5 Å². The van der Waals surface area contributed by atoms with Crippen LogP contribution in [0, 0.1) is 0 Å². The molecule has 4 heteroatoms. The molecule has 0 atom stereocenters. The molecule has 1 saturated heterocycles. The molecule has 0 aliphatic carbocycles. The Hall–Kier alpha value is -0.160. The molecule has 0 aromatic carbocycles. The van der Waals surface area contributed by atoms with E-state index in [1.165, 1.54) is 12.8 Å². The Balaban J connectivity index is 0.000000331. The molecular weight excluding hydrogens is 228 g/mol. The summed E-state index contributed by atoms with van der Waals surface area (Å²) in [5, 5.41) is 3.89. The number of hydroxylamine groups is 4. The SMILES string of the molecule is CC(C)(C)N1CCCCO1.CON(C)C(C)(C)C. The Bertz CT molecular complexity index is 213. The molecule has 0 bridgehead atoms. The lowest BCUT2D eigenvalue weighted by molar-refractivity contribution is -0.227. The number of rotatable bonds is 1. The standard InChI is InChI=1S/C8H17NO.C6H15NO/c1-8(2,3)9-6-4-5-7-10-9;1-6(2,3)7(4)8-5/h4-7H2,1-3H3;1-5H3. The molecule has 0 aromatic heterocycles. The fourth-order valence-corrected chi connectivity index (χ4v) is 1.40. The fraction of sp³-hybridized carbons (Fsp3) is 1.00. The second-order valence-corrected chi connectivity index (χ2v) is 6.66. The first-order chi connectivity index (χ1) is 8.09. The van der Waals surface area contributed by atoms with Crippen molar-refractivity contribution in [3.05, 3.63) is 0 Å². The van der Waals surface area contributed by atoms with Gasteiger partial charge in [-0.05, 0) is 54.4 Å². The Morgan fingerprint density at radius 1 is 1.06 bits per heavy atom. The van der Waals surface area contributed by atoms with Crippen LogP contribution in [0.1, 0.15) is 54.4 Å². The van der Waals surface area contributed by atoms with E-state index in [0.717, 1.165) is 13.2 Å². The summed E-state index contributed by atoms with van der Waals surface area (Å²) in [5.41, 5.74) is 0.301. The van der Waals surface area contributed by atoms with Crippen LogP contribution in [-0.2, 0) is 9.68 Å². The van der Waals surface area contributed by atoms with Crippen LogP contribution in [0.2, 0.25) is 0 Å². The van der Waals surface area contributed by atoms with Gasteiger partial charge < -0.3 is 4.84 Å². The maximum absolute atomic E-state index is 5.48. The van der Waals surface area contributed by atoms with E-state index in [1.807, 2.05) is 12.1 Å². The third-order valence-corrected chi connectivity index (χ3v) is 2.97. The second kappa shape index (κ2) is 7.43. The normalized spacial score (nSPS) is 18.5. The Morgan fingerprint density at radius 3 is 1.78 bits per heavy atom. The molecule has 0 radical (unpaired) electrons. The molecule has 0 aromatic rings. The van der Waals surface area contributed by atoms with E-state index in [0.29, 0.717) is 0 Å². The molecule has 0 amide bonds. The van der Waals surface area contributed by atoms with Gasteiger partial charge in [0.05, 0.1) is 13.7 Å². The van der Waals surface area contributed by atoms with Crippen LogP contribution in [0.4, 0.5) is 0 Å². The summed E-state index contributed by atoms with van der Waals surface area (Å²) >= 11 is 0. The molecule has 1 rings (SSSR count). The molecule has 0 unspecified atom stereocenters. The minimum absolute atomic E-state index is 0.120. The fourth-order valence-electron chi connectivity index (χ4n) is 1.40. The largest absolute Gasteiger partial charge is 0.302 e. The molecule has 18 heavy (non-hydrogen) atoms. The van der Waals surface area contributed by atoms with Gasteiger partial charge in [0.25, 0.3) is 0 Å². The van der Waals surface area contributed by atoms with Crippen molar-refractivity contribution < 1.29 is 9.68 Å². The summed E-state index contributed by atoms with van der Waals surface area (Å²) < 4.78 is 0. The summed E-state index contributed by atoms with van der Waals surface area (Å²) in [6.07, 6.45) is 2.49. The minimum atomic E-state index is 0.120. The van der Waals surface area contributed by atoms with Crippen LogP contribution in [0.15, 0.2) is 0 Å². The van der Waals surface area contributed by atoms with E-state index in [9.17, 15) is 0 Å². The van der Waals surface area contributed by atoms with E-state index >= 15 is 0 Å². The number of hydrogen-bond acceptors (Lipinski definition) is 4. The lowest BCUT2D eigenvalue weighted by Gasteiger charge is -2.36. The smallest absolute Gasteiger partial charge is 0.0685 e. The highest BCUT2D eigenvalue weighted by molar-refractivity contribution is 4.71. The van der Waals surface area contributed by atoms with Crippen molar-refractivity contribution in [2.24, 2.45) is 0 Å². The average Bonchev–Trinajstić information content (AvgIpc) is 2.27. The van der Waals surface area contributed by atoms with E-state index in [2.05, 4.69) is 46.6 Å². The molecule has 1 aliphatic rings. The maximum atomic E-state index is 5.48. The first kappa shape index (κ1) is 17.8. The lowest BCUT2D eigenvalue weighted by Crippen LogP contribution is -2.44. The third-order valence-electron chi connectivity index (χ3n) is 2.97. The first-order valence-electron chi connectivity index (χ1n) is 6.77. The summed E-state index contributed by atoms with van der Waals surface area (Å²) in [6.45, 7) is 14.8. The van der Waals surface area contributed by atoms with Crippen molar-refractivity contribution in [2.75, 3.05) is 27.3 Å². The van der Waals surface area contributed by atoms with Crippen molar-refractivity contribution in [3.63, 3.8) is 0 Å². The van der Waals surface area contributed by atoms with E-state index in [1.54, 1.807) is 7.11 Å². The van der Waals surface area contributed by atoms with Crippen molar-refractivity contribution in [1.82, 2.24) is 10.1 Å². The highest BCUT2D eigenvalue weighted by Gasteiger charge is 2.23. The van der Waals surface area contributed by atoms with Crippen LogP contribution in [-0.4, -0.2) is 48.5 Å². The van der Waals surface area contributed by atoms with E-state index in [-0.39, 0.29) is 11.1 Å². The molecule has 0 spiro atoms. The van der Waals surface area contributed by atoms with Gasteiger partial charge in [0.15, 0.2) is 0 Å². The van der Waals surface area contributed by atoms with Gasteiger partial charge in [-0.3, -0.25) is 4.84 Å². The zero-order chi connectivity index (χ0) is 14.4. The Labute approximate surface area is 113 Å². The average molecular weight is 260 g/mol. The molecule has 1 fully saturated rings. The summed E-state index contributed by atoms with van der Waals surface area (Å²) in [6, 6.07) is 0. The second-order valence-electron chi connectivity index (χ2n) is 6.66. The van der Waals surface area contributed by atoms with Crippen LogP contribution >= 0.6 is 0 Å².